The van der Waals surface area contributed by atoms with Gasteiger partial charge in [0.25, 0.3) is 0 Å². The molecular weight excluding hydrogens is 414 g/mol. The SMILES string of the molecule is CC(=O)[C@H](CCCCNC(=O)OCC1c2ccccc2-c2ccccc21)n1cccc1CN. The Morgan fingerprint density at radius 2 is 1.67 bits per heavy atom. The van der Waals surface area contributed by atoms with Gasteiger partial charge in [-0.15, -0.1) is 0 Å². The second kappa shape index (κ2) is 10.5. The maximum atomic E-state index is 12.3. The number of aromatic nitrogens is 1. The van der Waals surface area contributed by atoms with Gasteiger partial charge >= 0.3 is 6.09 Å². The summed E-state index contributed by atoms with van der Waals surface area (Å²) in [6, 6.07) is 20.2. The highest BCUT2D eigenvalue weighted by Gasteiger charge is 2.29. The third kappa shape index (κ3) is 5.01. The molecule has 1 atom stereocenters. The number of amides is 1. The predicted octanol–water partition coefficient (Wildman–Crippen LogP) is 4.79. The number of nitrogens with zero attached hydrogens (tertiary/aromatic N) is 1. The smallest absolute Gasteiger partial charge is 0.407 e. The molecule has 0 fully saturated rings. The zero-order valence-corrected chi connectivity index (χ0v) is 19.0. The first-order valence-corrected chi connectivity index (χ1v) is 11.5. The molecule has 0 aliphatic heterocycles. The number of alkyl carbamates (subject to hydrolysis) is 1. The highest BCUT2D eigenvalue weighted by molar-refractivity contribution is 5.80. The molecule has 6 heteroatoms. The fourth-order valence-electron chi connectivity index (χ4n) is 4.75. The quantitative estimate of drug-likeness (QED) is 0.440. The summed E-state index contributed by atoms with van der Waals surface area (Å²) in [5.41, 5.74) is 11.5. The van der Waals surface area contributed by atoms with Crippen LogP contribution in [0.25, 0.3) is 11.1 Å². The summed E-state index contributed by atoms with van der Waals surface area (Å²) in [5, 5.41) is 2.84. The molecular formula is C27H31N3O3. The molecule has 1 aromatic heterocycles. The number of unbranched alkanes of at least 4 members (excludes halogenated alkanes) is 1. The van der Waals surface area contributed by atoms with E-state index in [4.69, 9.17) is 10.5 Å². The van der Waals surface area contributed by atoms with Crippen LogP contribution in [0, 0.1) is 0 Å². The van der Waals surface area contributed by atoms with E-state index in [0.717, 1.165) is 18.5 Å². The van der Waals surface area contributed by atoms with Crippen molar-refractivity contribution in [2.24, 2.45) is 5.73 Å². The Bertz CT molecular complexity index is 1080. The number of hydrogen-bond acceptors (Lipinski definition) is 4. The van der Waals surface area contributed by atoms with Gasteiger partial charge in [-0.05, 0) is 60.6 Å². The molecule has 172 valence electrons. The zero-order chi connectivity index (χ0) is 23.2. The maximum absolute atomic E-state index is 12.3. The minimum Gasteiger partial charge on any atom is -0.449 e. The van der Waals surface area contributed by atoms with Crippen LogP contribution in [0.3, 0.4) is 0 Å². The van der Waals surface area contributed by atoms with Gasteiger partial charge in [0.2, 0.25) is 0 Å². The van der Waals surface area contributed by atoms with Crippen molar-refractivity contribution in [3.05, 3.63) is 83.7 Å². The van der Waals surface area contributed by atoms with Crippen molar-refractivity contribution >= 4 is 11.9 Å². The van der Waals surface area contributed by atoms with Crippen molar-refractivity contribution in [1.29, 1.82) is 0 Å². The van der Waals surface area contributed by atoms with Crippen LogP contribution in [0.4, 0.5) is 4.79 Å². The largest absolute Gasteiger partial charge is 0.449 e. The van der Waals surface area contributed by atoms with Crippen LogP contribution in [-0.2, 0) is 16.1 Å². The van der Waals surface area contributed by atoms with Gasteiger partial charge in [-0.25, -0.2) is 4.79 Å². The molecule has 33 heavy (non-hydrogen) atoms. The molecule has 1 heterocycles. The van der Waals surface area contributed by atoms with Gasteiger partial charge in [-0.3, -0.25) is 4.79 Å². The van der Waals surface area contributed by atoms with E-state index >= 15 is 0 Å². The first kappa shape index (κ1) is 22.8. The molecule has 1 aliphatic rings. The van der Waals surface area contributed by atoms with E-state index < -0.39 is 6.09 Å². The van der Waals surface area contributed by atoms with E-state index in [1.807, 2.05) is 47.2 Å². The van der Waals surface area contributed by atoms with Gasteiger partial charge in [0.05, 0.1) is 6.04 Å². The molecule has 3 N–H and O–H groups in total. The number of hydrogen-bond donors (Lipinski definition) is 2. The Morgan fingerprint density at radius 1 is 1.00 bits per heavy atom. The molecule has 1 aliphatic carbocycles. The van der Waals surface area contributed by atoms with Crippen molar-refractivity contribution in [3.8, 4) is 11.1 Å². The molecule has 1 amide bonds. The molecule has 0 saturated heterocycles. The molecule has 0 spiro atoms. The average molecular weight is 446 g/mol. The lowest BCUT2D eigenvalue weighted by Gasteiger charge is -2.19. The standard InChI is InChI=1S/C27H31N3O3/c1-19(31)26(30-16-8-9-20(30)17-28)14-6-7-15-29-27(32)33-18-25-23-12-4-2-10-21(23)22-11-3-5-13-24(22)25/h2-5,8-13,16,25-26H,6-7,14-15,17-18,28H2,1H3,(H,29,32)/t26-/m0/s1. The summed E-state index contributed by atoms with van der Waals surface area (Å²) in [7, 11) is 0. The van der Waals surface area contributed by atoms with Gasteiger partial charge in [-0.1, -0.05) is 48.5 Å². The number of nitrogens with one attached hydrogen (secondary N) is 1. The van der Waals surface area contributed by atoms with E-state index in [1.54, 1.807) is 6.92 Å². The Labute approximate surface area is 194 Å². The topological polar surface area (TPSA) is 86.4 Å². The highest BCUT2D eigenvalue weighted by atomic mass is 16.5. The van der Waals surface area contributed by atoms with Gasteiger partial charge in [0, 0.05) is 30.9 Å². The summed E-state index contributed by atoms with van der Waals surface area (Å²) < 4.78 is 7.53. The lowest BCUT2D eigenvalue weighted by atomic mass is 9.98. The van der Waals surface area contributed by atoms with Crippen LogP contribution in [0.15, 0.2) is 66.9 Å². The molecule has 6 nitrogen and oxygen atoms in total. The average Bonchev–Trinajstić information content (AvgIpc) is 3.42. The summed E-state index contributed by atoms with van der Waals surface area (Å²) in [5.74, 6) is 0.170. The predicted molar refractivity (Wildman–Crippen MR) is 129 cm³/mol. The number of ketones is 1. The lowest BCUT2D eigenvalue weighted by molar-refractivity contribution is -0.120. The van der Waals surface area contributed by atoms with E-state index in [0.29, 0.717) is 26.1 Å². The lowest BCUT2D eigenvalue weighted by Crippen LogP contribution is -2.27. The monoisotopic (exact) mass is 445 g/mol. The summed E-state index contributed by atoms with van der Waals surface area (Å²) >= 11 is 0. The van der Waals surface area contributed by atoms with Crippen molar-refractivity contribution in [1.82, 2.24) is 9.88 Å². The van der Waals surface area contributed by atoms with Crippen LogP contribution in [0.1, 0.15) is 55.0 Å². The molecule has 0 bridgehead atoms. The normalized spacial score (nSPS) is 13.3. The fourth-order valence-corrected chi connectivity index (χ4v) is 4.75. The van der Waals surface area contributed by atoms with Crippen molar-refractivity contribution in [2.45, 2.75) is 44.7 Å². The molecule has 0 radical (unpaired) electrons. The summed E-state index contributed by atoms with van der Waals surface area (Å²) in [6.07, 6.45) is 3.80. The van der Waals surface area contributed by atoms with Crippen LogP contribution in [0.2, 0.25) is 0 Å². The minimum absolute atomic E-state index is 0.0535. The van der Waals surface area contributed by atoms with Crippen LogP contribution >= 0.6 is 0 Å². The highest BCUT2D eigenvalue weighted by Crippen LogP contribution is 2.44. The number of rotatable bonds is 10. The molecule has 3 aromatic rings. The first-order chi connectivity index (χ1) is 16.1. The van der Waals surface area contributed by atoms with Gasteiger partial charge in [0.1, 0.15) is 6.61 Å². The van der Waals surface area contributed by atoms with Gasteiger partial charge < -0.3 is 20.4 Å². The van der Waals surface area contributed by atoms with E-state index in [1.165, 1.54) is 22.3 Å². The van der Waals surface area contributed by atoms with E-state index in [9.17, 15) is 9.59 Å². The first-order valence-electron chi connectivity index (χ1n) is 11.5. The molecule has 2 aromatic carbocycles. The second-order valence-electron chi connectivity index (χ2n) is 8.49. The van der Waals surface area contributed by atoms with Gasteiger partial charge in [0.15, 0.2) is 5.78 Å². The van der Waals surface area contributed by atoms with Crippen LogP contribution < -0.4 is 11.1 Å². The molecule has 4 rings (SSSR count). The Hall–Kier alpha value is -3.38. The van der Waals surface area contributed by atoms with Gasteiger partial charge in [-0.2, -0.15) is 0 Å². The number of fused-ring (bicyclic) bond motifs is 3. The zero-order valence-electron chi connectivity index (χ0n) is 19.0. The van der Waals surface area contributed by atoms with Crippen molar-refractivity contribution < 1.29 is 14.3 Å². The number of Topliss-reactive ketones (excluding diaryl/α,β-unsaturated/α-hetero) is 1. The maximum Gasteiger partial charge on any atom is 0.407 e. The van der Waals surface area contributed by atoms with Crippen molar-refractivity contribution in [3.63, 3.8) is 0 Å². The van der Waals surface area contributed by atoms with E-state index in [2.05, 4.69) is 29.6 Å². The number of carbonyl (C=O) groups is 2. The van der Waals surface area contributed by atoms with Crippen LogP contribution in [0.5, 0.6) is 0 Å². The fraction of sp³-hybridized carbons (Fsp3) is 0.333. The minimum atomic E-state index is -0.407. The molecule has 0 unspecified atom stereocenters. The number of benzene rings is 2. The molecule has 0 saturated carbocycles. The number of ether oxygens (including phenoxy) is 1. The summed E-state index contributed by atoms with van der Waals surface area (Å²) in [6.45, 7) is 2.83. The Kier molecular flexibility index (Phi) is 7.25. The van der Waals surface area contributed by atoms with E-state index in [-0.39, 0.29) is 17.7 Å². The number of nitrogens with two attached hydrogens (primary N) is 1. The summed E-state index contributed by atoms with van der Waals surface area (Å²) in [4.78, 5) is 24.4. The number of carbonyl (C=O) groups excluding carboxylic acids is 2. The second-order valence-corrected chi connectivity index (χ2v) is 8.49. The van der Waals surface area contributed by atoms with Crippen molar-refractivity contribution in [2.75, 3.05) is 13.2 Å². The third-order valence-electron chi connectivity index (χ3n) is 6.40. The Morgan fingerprint density at radius 3 is 2.30 bits per heavy atom. The third-order valence-corrected chi connectivity index (χ3v) is 6.40. The Balaban J connectivity index is 1.23. The van der Waals surface area contributed by atoms with Crippen LogP contribution in [-0.4, -0.2) is 29.6 Å².